The minimum atomic E-state index is -0.364. The molecule has 0 aromatic rings. The molecule has 0 saturated carbocycles. The van der Waals surface area contributed by atoms with Crippen molar-refractivity contribution < 1.29 is 9.53 Å². The van der Waals surface area contributed by atoms with E-state index in [0.717, 1.165) is 19.3 Å². The van der Waals surface area contributed by atoms with Crippen molar-refractivity contribution in [1.82, 2.24) is 0 Å². The van der Waals surface area contributed by atoms with Crippen molar-refractivity contribution >= 4 is 5.97 Å². The molecule has 0 aromatic heterocycles. The first-order chi connectivity index (χ1) is 6.02. The van der Waals surface area contributed by atoms with Gasteiger partial charge in [-0.1, -0.05) is 11.1 Å². The normalized spacial score (nSPS) is 28.9. The Hall–Kier alpha value is -0.790. The van der Waals surface area contributed by atoms with Gasteiger partial charge in [0.25, 0.3) is 0 Å². The summed E-state index contributed by atoms with van der Waals surface area (Å²) in [6.07, 6.45) is 3.13. The molecule has 1 rings (SSSR count). The summed E-state index contributed by atoms with van der Waals surface area (Å²) in [5, 5.41) is 0. The van der Waals surface area contributed by atoms with Crippen LogP contribution < -0.4 is 0 Å². The zero-order valence-electron chi connectivity index (χ0n) is 8.94. The Balaban J connectivity index is 3.02. The topological polar surface area (TPSA) is 26.3 Å². The van der Waals surface area contributed by atoms with E-state index in [1.807, 2.05) is 13.8 Å². The third-order valence-corrected chi connectivity index (χ3v) is 3.33. The van der Waals surface area contributed by atoms with Gasteiger partial charge in [0, 0.05) is 0 Å². The van der Waals surface area contributed by atoms with E-state index in [9.17, 15) is 4.79 Å². The molecule has 0 saturated heterocycles. The lowest BCUT2D eigenvalue weighted by Crippen LogP contribution is -2.33. The molecule has 74 valence electrons. The largest absolute Gasteiger partial charge is 0.468 e. The van der Waals surface area contributed by atoms with Crippen LogP contribution in [0.1, 0.15) is 40.0 Å². The number of rotatable bonds is 1. The standard InChI is InChI=1S/C11H18O2/c1-8-6-5-7-11(3,9(8)2)10(12)13-4/h5-7H2,1-4H3. The molecular weight excluding hydrogens is 164 g/mol. The highest BCUT2D eigenvalue weighted by Gasteiger charge is 2.38. The second-order valence-electron chi connectivity index (χ2n) is 4.08. The molecule has 0 aromatic carbocycles. The highest BCUT2D eigenvalue weighted by Crippen LogP contribution is 2.40. The Kier molecular flexibility index (Phi) is 2.79. The summed E-state index contributed by atoms with van der Waals surface area (Å²) in [7, 11) is 1.46. The quantitative estimate of drug-likeness (QED) is 0.460. The lowest BCUT2D eigenvalue weighted by Gasteiger charge is -2.33. The van der Waals surface area contributed by atoms with Crippen molar-refractivity contribution in [3.8, 4) is 0 Å². The van der Waals surface area contributed by atoms with Crippen molar-refractivity contribution in [3.63, 3.8) is 0 Å². The van der Waals surface area contributed by atoms with Crippen LogP contribution in [0.15, 0.2) is 11.1 Å². The van der Waals surface area contributed by atoms with E-state index in [2.05, 4.69) is 6.92 Å². The summed E-state index contributed by atoms with van der Waals surface area (Å²) >= 11 is 0. The summed E-state index contributed by atoms with van der Waals surface area (Å²) in [4.78, 5) is 11.6. The van der Waals surface area contributed by atoms with E-state index in [4.69, 9.17) is 4.74 Å². The lowest BCUT2D eigenvalue weighted by atomic mass is 9.72. The minimum absolute atomic E-state index is 0.0935. The van der Waals surface area contributed by atoms with Gasteiger partial charge in [-0.25, -0.2) is 0 Å². The zero-order valence-corrected chi connectivity index (χ0v) is 8.94. The van der Waals surface area contributed by atoms with Crippen LogP contribution in [0.3, 0.4) is 0 Å². The molecule has 0 fully saturated rings. The first-order valence-corrected chi connectivity index (χ1v) is 4.77. The van der Waals surface area contributed by atoms with Crippen molar-refractivity contribution in [3.05, 3.63) is 11.1 Å². The lowest BCUT2D eigenvalue weighted by molar-refractivity contribution is -0.150. The summed E-state index contributed by atoms with van der Waals surface area (Å²) in [5.74, 6) is -0.0935. The summed E-state index contributed by atoms with van der Waals surface area (Å²) in [6.45, 7) is 6.14. The number of carbonyl (C=O) groups is 1. The Morgan fingerprint density at radius 1 is 1.46 bits per heavy atom. The maximum atomic E-state index is 11.6. The fraction of sp³-hybridized carbons (Fsp3) is 0.727. The average Bonchev–Trinajstić information content (AvgIpc) is 2.13. The third-order valence-electron chi connectivity index (χ3n) is 3.33. The molecule has 0 bridgehead atoms. The smallest absolute Gasteiger partial charge is 0.315 e. The van der Waals surface area contributed by atoms with Crippen LogP contribution in [-0.2, 0) is 9.53 Å². The van der Waals surface area contributed by atoms with E-state index >= 15 is 0 Å². The predicted molar refractivity (Wildman–Crippen MR) is 52.3 cm³/mol. The van der Waals surface area contributed by atoms with Gasteiger partial charge in [-0.15, -0.1) is 0 Å². The van der Waals surface area contributed by atoms with E-state index in [0.29, 0.717) is 0 Å². The molecule has 0 amide bonds. The number of hydrogen-bond acceptors (Lipinski definition) is 2. The van der Waals surface area contributed by atoms with Crippen LogP contribution in [0.2, 0.25) is 0 Å². The molecular formula is C11H18O2. The number of hydrogen-bond donors (Lipinski definition) is 0. The van der Waals surface area contributed by atoms with E-state index in [1.54, 1.807) is 0 Å². The highest BCUT2D eigenvalue weighted by molar-refractivity contribution is 5.80. The molecule has 1 atom stereocenters. The maximum Gasteiger partial charge on any atom is 0.315 e. The molecule has 0 spiro atoms. The molecule has 0 aliphatic heterocycles. The van der Waals surface area contributed by atoms with Crippen LogP contribution in [-0.4, -0.2) is 13.1 Å². The van der Waals surface area contributed by atoms with Gasteiger partial charge >= 0.3 is 5.97 Å². The molecule has 2 nitrogen and oxygen atoms in total. The van der Waals surface area contributed by atoms with Gasteiger partial charge in [-0.05, 0) is 40.0 Å². The first-order valence-electron chi connectivity index (χ1n) is 4.77. The Morgan fingerprint density at radius 2 is 2.08 bits per heavy atom. The van der Waals surface area contributed by atoms with Crippen LogP contribution in [0.5, 0.6) is 0 Å². The van der Waals surface area contributed by atoms with Gasteiger partial charge in [0.2, 0.25) is 0 Å². The molecule has 13 heavy (non-hydrogen) atoms. The van der Waals surface area contributed by atoms with Gasteiger partial charge in [0.05, 0.1) is 12.5 Å². The van der Waals surface area contributed by atoms with E-state index < -0.39 is 0 Å². The van der Waals surface area contributed by atoms with Gasteiger partial charge in [0.1, 0.15) is 0 Å². The van der Waals surface area contributed by atoms with Gasteiger partial charge < -0.3 is 4.74 Å². The van der Waals surface area contributed by atoms with Gasteiger partial charge in [-0.2, -0.15) is 0 Å². The predicted octanol–water partition coefficient (Wildman–Crippen LogP) is 2.69. The Labute approximate surface area is 80.0 Å². The van der Waals surface area contributed by atoms with Crippen molar-refractivity contribution in [2.45, 2.75) is 40.0 Å². The van der Waals surface area contributed by atoms with E-state index in [1.165, 1.54) is 18.3 Å². The summed E-state index contributed by atoms with van der Waals surface area (Å²) < 4.78 is 4.84. The average molecular weight is 182 g/mol. The minimum Gasteiger partial charge on any atom is -0.468 e. The molecule has 1 unspecified atom stereocenters. The fourth-order valence-electron chi connectivity index (χ4n) is 2.03. The zero-order chi connectivity index (χ0) is 10.1. The first kappa shape index (κ1) is 10.3. The van der Waals surface area contributed by atoms with Crippen molar-refractivity contribution in [1.29, 1.82) is 0 Å². The summed E-state index contributed by atoms with van der Waals surface area (Å²) in [6, 6.07) is 0. The molecule has 0 radical (unpaired) electrons. The second kappa shape index (κ2) is 3.52. The summed E-state index contributed by atoms with van der Waals surface area (Å²) in [5.41, 5.74) is 2.18. The third kappa shape index (κ3) is 1.62. The van der Waals surface area contributed by atoms with Crippen LogP contribution >= 0.6 is 0 Å². The molecule has 0 heterocycles. The SMILES string of the molecule is COC(=O)C1(C)CCCC(C)=C1C. The fourth-order valence-corrected chi connectivity index (χ4v) is 2.03. The van der Waals surface area contributed by atoms with Crippen molar-refractivity contribution in [2.75, 3.05) is 7.11 Å². The molecule has 1 aliphatic carbocycles. The monoisotopic (exact) mass is 182 g/mol. The maximum absolute atomic E-state index is 11.6. The van der Waals surface area contributed by atoms with Crippen LogP contribution in [0.25, 0.3) is 0 Å². The Morgan fingerprint density at radius 3 is 2.62 bits per heavy atom. The highest BCUT2D eigenvalue weighted by atomic mass is 16.5. The molecule has 1 aliphatic rings. The Bertz CT molecular complexity index is 253. The second-order valence-corrected chi connectivity index (χ2v) is 4.08. The number of allylic oxidation sites excluding steroid dienone is 1. The van der Waals surface area contributed by atoms with Gasteiger partial charge in [0.15, 0.2) is 0 Å². The van der Waals surface area contributed by atoms with E-state index in [-0.39, 0.29) is 11.4 Å². The number of ether oxygens (including phenoxy) is 1. The number of carbonyl (C=O) groups excluding carboxylic acids is 1. The number of methoxy groups -OCH3 is 1. The van der Waals surface area contributed by atoms with Crippen molar-refractivity contribution in [2.24, 2.45) is 5.41 Å². The molecule has 0 N–H and O–H groups in total. The number of esters is 1. The molecule has 2 heteroatoms. The van der Waals surface area contributed by atoms with Crippen LogP contribution in [0, 0.1) is 5.41 Å². The van der Waals surface area contributed by atoms with Crippen LogP contribution in [0.4, 0.5) is 0 Å². The van der Waals surface area contributed by atoms with Gasteiger partial charge in [-0.3, -0.25) is 4.79 Å².